The maximum atomic E-state index is 12.4. The highest BCUT2D eigenvalue weighted by molar-refractivity contribution is 7.99. The topological polar surface area (TPSA) is 74.7 Å². The standard InChI is InChI=1S/C13H15NO4S/c1-13(2,3)14-12(16)8-11(19(14,17)18)9-5-4-6-10(15)7-9/h4-8,15H,1-3H3. The average Bonchev–Trinajstić information content (AvgIpc) is 2.47. The van der Waals surface area contributed by atoms with Crippen molar-refractivity contribution < 1.29 is 18.3 Å². The summed E-state index contributed by atoms with van der Waals surface area (Å²) in [5, 5.41) is 9.41. The molecular formula is C13H15NO4S. The second-order valence-electron chi connectivity index (χ2n) is 5.34. The van der Waals surface area contributed by atoms with E-state index in [1.54, 1.807) is 26.8 Å². The molecule has 1 amide bonds. The fraction of sp³-hybridized carbons (Fsp3) is 0.308. The molecule has 102 valence electrons. The lowest BCUT2D eigenvalue weighted by Crippen LogP contribution is -2.45. The molecule has 0 radical (unpaired) electrons. The van der Waals surface area contributed by atoms with Gasteiger partial charge in [-0.1, -0.05) is 12.1 Å². The molecule has 0 aromatic heterocycles. The Morgan fingerprint density at radius 3 is 2.32 bits per heavy atom. The predicted octanol–water partition coefficient (Wildman–Crippen LogP) is 1.70. The molecule has 0 saturated carbocycles. The second-order valence-corrected chi connectivity index (χ2v) is 7.09. The smallest absolute Gasteiger partial charge is 0.268 e. The van der Waals surface area contributed by atoms with Crippen LogP contribution in [0.2, 0.25) is 0 Å². The summed E-state index contributed by atoms with van der Waals surface area (Å²) >= 11 is 0. The number of nitrogens with zero attached hydrogens (tertiary/aromatic N) is 1. The zero-order valence-electron chi connectivity index (χ0n) is 10.9. The molecule has 0 atom stereocenters. The van der Waals surface area contributed by atoms with E-state index in [0.29, 0.717) is 5.56 Å². The van der Waals surface area contributed by atoms with Crippen LogP contribution in [-0.4, -0.2) is 29.3 Å². The molecule has 1 aliphatic rings. The SMILES string of the molecule is CC(C)(C)N1C(=O)C=C(c2cccc(O)c2)S1(=O)=O. The number of aromatic hydroxyl groups is 1. The number of hydrogen-bond donors (Lipinski definition) is 1. The third-order valence-electron chi connectivity index (χ3n) is 2.71. The number of phenolic OH excluding ortho intramolecular Hbond substituents is 1. The first-order valence-corrected chi connectivity index (χ1v) is 7.18. The van der Waals surface area contributed by atoms with Crippen LogP contribution >= 0.6 is 0 Å². The van der Waals surface area contributed by atoms with E-state index in [0.717, 1.165) is 10.4 Å². The Kier molecular flexibility index (Phi) is 2.93. The van der Waals surface area contributed by atoms with Crippen molar-refractivity contribution in [2.24, 2.45) is 0 Å². The Morgan fingerprint density at radius 2 is 1.84 bits per heavy atom. The van der Waals surface area contributed by atoms with E-state index >= 15 is 0 Å². The van der Waals surface area contributed by atoms with E-state index < -0.39 is 21.5 Å². The molecule has 1 aromatic rings. The van der Waals surface area contributed by atoms with Gasteiger partial charge in [0.1, 0.15) is 10.7 Å². The van der Waals surface area contributed by atoms with Crippen molar-refractivity contribution in [2.75, 3.05) is 0 Å². The van der Waals surface area contributed by atoms with Crippen molar-refractivity contribution in [1.29, 1.82) is 0 Å². The van der Waals surface area contributed by atoms with Crippen LogP contribution in [0.15, 0.2) is 30.3 Å². The van der Waals surface area contributed by atoms with Crippen LogP contribution in [0.1, 0.15) is 26.3 Å². The van der Waals surface area contributed by atoms with Gasteiger partial charge in [0, 0.05) is 6.08 Å². The van der Waals surface area contributed by atoms with Crippen molar-refractivity contribution in [1.82, 2.24) is 4.31 Å². The Morgan fingerprint density at radius 1 is 1.21 bits per heavy atom. The molecule has 5 nitrogen and oxygen atoms in total. The fourth-order valence-electron chi connectivity index (χ4n) is 2.04. The molecule has 0 unspecified atom stereocenters. The van der Waals surface area contributed by atoms with E-state index in [9.17, 15) is 18.3 Å². The Balaban J connectivity index is 2.57. The van der Waals surface area contributed by atoms with E-state index in [2.05, 4.69) is 0 Å². The largest absolute Gasteiger partial charge is 0.508 e. The van der Waals surface area contributed by atoms with Crippen LogP contribution < -0.4 is 0 Å². The molecule has 0 fully saturated rings. The summed E-state index contributed by atoms with van der Waals surface area (Å²) in [6.07, 6.45) is 1.09. The first-order chi connectivity index (χ1) is 8.64. The van der Waals surface area contributed by atoms with Crippen molar-refractivity contribution in [3.05, 3.63) is 35.9 Å². The minimum atomic E-state index is -3.87. The summed E-state index contributed by atoms with van der Waals surface area (Å²) in [7, 11) is -3.87. The van der Waals surface area contributed by atoms with Gasteiger partial charge in [0.05, 0.1) is 5.54 Å². The van der Waals surface area contributed by atoms with Gasteiger partial charge < -0.3 is 5.11 Å². The van der Waals surface area contributed by atoms with Crippen molar-refractivity contribution in [2.45, 2.75) is 26.3 Å². The third-order valence-corrected chi connectivity index (χ3v) is 4.83. The lowest BCUT2D eigenvalue weighted by Gasteiger charge is -2.30. The predicted molar refractivity (Wildman–Crippen MR) is 71.6 cm³/mol. The molecule has 19 heavy (non-hydrogen) atoms. The quantitative estimate of drug-likeness (QED) is 0.850. The van der Waals surface area contributed by atoms with Crippen LogP contribution in [0.3, 0.4) is 0 Å². The summed E-state index contributed by atoms with van der Waals surface area (Å²) in [5.41, 5.74) is -0.523. The van der Waals surface area contributed by atoms with Crippen LogP contribution in [0.4, 0.5) is 0 Å². The van der Waals surface area contributed by atoms with Gasteiger partial charge in [-0.2, -0.15) is 0 Å². The van der Waals surface area contributed by atoms with E-state index in [1.165, 1.54) is 18.2 Å². The van der Waals surface area contributed by atoms with E-state index in [4.69, 9.17) is 0 Å². The molecule has 1 aliphatic heterocycles. The zero-order chi connectivity index (χ0) is 14.4. The normalized spacial score (nSPS) is 18.6. The van der Waals surface area contributed by atoms with Crippen LogP contribution in [0.25, 0.3) is 4.91 Å². The maximum absolute atomic E-state index is 12.4. The first-order valence-electron chi connectivity index (χ1n) is 5.74. The van der Waals surface area contributed by atoms with Crippen molar-refractivity contribution in [3.63, 3.8) is 0 Å². The lowest BCUT2D eigenvalue weighted by molar-refractivity contribution is -0.123. The van der Waals surface area contributed by atoms with Gasteiger partial charge in [-0.15, -0.1) is 0 Å². The molecule has 1 aromatic carbocycles. The number of amides is 1. The van der Waals surface area contributed by atoms with Gasteiger partial charge in [-0.05, 0) is 38.5 Å². The number of phenols is 1. The maximum Gasteiger partial charge on any atom is 0.268 e. The highest BCUT2D eigenvalue weighted by atomic mass is 32.2. The fourth-order valence-corrected chi connectivity index (χ4v) is 3.93. The van der Waals surface area contributed by atoms with Crippen molar-refractivity contribution in [3.8, 4) is 5.75 Å². The summed E-state index contributed by atoms with van der Waals surface area (Å²) in [4.78, 5) is 11.8. The monoisotopic (exact) mass is 281 g/mol. The van der Waals surface area contributed by atoms with Gasteiger partial charge in [0.15, 0.2) is 0 Å². The lowest BCUT2D eigenvalue weighted by atomic mass is 10.1. The highest BCUT2D eigenvalue weighted by Gasteiger charge is 2.44. The highest BCUT2D eigenvalue weighted by Crippen LogP contribution is 2.36. The van der Waals surface area contributed by atoms with Crippen molar-refractivity contribution >= 4 is 20.8 Å². The second kappa shape index (κ2) is 4.09. The van der Waals surface area contributed by atoms with Gasteiger partial charge in [-0.3, -0.25) is 4.79 Å². The number of sulfonamides is 1. The Labute approximate surface area is 112 Å². The summed E-state index contributed by atoms with van der Waals surface area (Å²) in [5.74, 6) is -0.610. The number of benzene rings is 1. The van der Waals surface area contributed by atoms with Gasteiger partial charge in [-0.25, -0.2) is 12.7 Å². The van der Waals surface area contributed by atoms with Gasteiger partial charge >= 0.3 is 0 Å². The van der Waals surface area contributed by atoms with Gasteiger partial charge in [0.25, 0.3) is 15.9 Å². The van der Waals surface area contributed by atoms with Crippen LogP contribution in [-0.2, 0) is 14.8 Å². The Bertz CT molecular complexity index is 668. The number of hydrogen-bond acceptors (Lipinski definition) is 4. The van der Waals surface area contributed by atoms with E-state index in [-0.39, 0.29) is 10.7 Å². The molecule has 2 rings (SSSR count). The summed E-state index contributed by atoms with van der Waals surface area (Å²) in [6, 6.07) is 5.84. The summed E-state index contributed by atoms with van der Waals surface area (Å²) in [6.45, 7) is 4.96. The molecule has 1 heterocycles. The first kappa shape index (κ1) is 13.6. The van der Waals surface area contributed by atoms with Gasteiger partial charge in [0.2, 0.25) is 0 Å². The third kappa shape index (κ3) is 2.23. The summed E-state index contributed by atoms with van der Waals surface area (Å²) < 4.78 is 25.7. The molecule has 6 heteroatoms. The zero-order valence-corrected chi connectivity index (χ0v) is 11.7. The Hall–Kier alpha value is -1.82. The average molecular weight is 281 g/mol. The minimum Gasteiger partial charge on any atom is -0.508 e. The molecular weight excluding hydrogens is 266 g/mol. The minimum absolute atomic E-state index is 0.0461. The molecule has 0 aliphatic carbocycles. The van der Waals surface area contributed by atoms with Crippen LogP contribution in [0, 0.1) is 0 Å². The van der Waals surface area contributed by atoms with E-state index in [1.807, 2.05) is 0 Å². The molecule has 0 spiro atoms. The molecule has 0 saturated heterocycles. The number of carbonyl (C=O) groups is 1. The molecule has 1 N–H and O–H groups in total. The number of carbonyl (C=O) groups excluding carboxylic acids is 1. The number of rotatable bonds is 1. The van der Waals surface area contributed by atoms with Crippen LogP contribution in [0.5, 0.6) is 5.75 Å². The molecule has 0 bridgehead atoms.